The molecule has 0 bridgehead atoms. The predicted octanol–water partition coefficient (Wildman–Crippen LogP) is 11.4. The van der Waals surface area contributed by atoms with Crippen molar-refractivity contribution in [2.24, 2.45) is 5.73 Å². The van der Waals surface area contributed by atoms with E-state index in [1.807, 2.05) is 0 Å². The van der Waals surface area contributed by atoms with Crippen molar-refractivity contribution in [2.45, 2.75) is 108 Å². The van der Waals surface area contributed by atoms with Gasteiger partial charge in [0, 0.05) is 61.5 Å². The Morgan fingerprint density at radius 1 is 0.586 bits per heavy atom. The molecule has 376 valence electrons. The molecule has 0 aliphatic carbocycles. The van der Waals surface area contributed by atoms with Crippen LogP contribution in [0.3, 0.4) is 0 Å². The van der Waals surface area contributed by atoms with E-state index in [9.17, 15) is 49.5 Å². The molecular weight excluding hydrogens is 929 g/mol. The fraction of sp³-hybridized carbons (Fsp3) is 0.365. The number of methoxy groups -OCH3 is 2. The molecule has 0 aliphatic heterocycles. The maximum atomic E-state index is 14.8. The van der Waals surface area contributed by atoms with Gasteiger partial charge in [0.15, 0.2) is 0 Å². The topological polar surface area (TPSA) is 143 Å². The van der Waals surface area contributed by atoms with Gasteiger partial charge in [0.25, 0.3) is 0 Å². The first-order chi connectivity index (χ1) is 32.5. The van der Waals surface area contributed by atoms with Crippen LogP contribution in [0.5, 0.6) is 11.5 Å². The number of alkyl halides is 6. The molecule has 3 N–H and O–H groups in total. The van der Waals surface area contributed by atoms with Crippen molar-refractivity contribution in [3.63, 3.8) is 0 Å². The summed E-state index contributed by atoms with van der Waals surface area (Å²) < 4.78 is 130. The number of esters is 2. The summed E-state index contributed by atoms with van der Waals surface area (Å²) in [5.41, 5.74) is 1.21. The Hall–Kier alpha value is -6.69. The van der Waals surface area contributed by atoms with Crippen LogP contribution in [0.1, 0.15) is 83.6 Å². The first-order valence-corrected chi connectivity index (χ1v) is 21.7. The normalized spacial score (nSPS) is 13.6. The molecule has 0 saturated carbocycles. The van der Waals surface area contributed by atoms with Crippen molar-refractivity contribution >= 4 is 39.7 Å². The highest BCUT2D eigenvalue weighted by Crippen LogP contribution is 2.47. The Bertz CT molecular complexity index is 2780. The Morgan fingerprint density at radius 2 is 1.00 bits per heavy atom. The van der Waals surface area contributed by atoms with Crippen molar-refractivity contribution in [1.82, 2.24) is 15.3 Å². The minimum absolute atomic E-state index is 0.273. The molecule has 2 unspecified atom stereocenters. The SMILES string of the molecule is CC(=O)OC(C)=O.COc1ccc(F)cc1C(C)(C)CC(Cc1ccnc2ccccc12)(NC(C)=O)C(F)(F)F.COc1ccc(F)cc1C(C)(C)CC(N)(Cc1ccnc2ccccc12)C(F)(F)F. The van der Waals surface area contributed by atoms with E-state index in [0.717, 1.165) is 6.92 Å². The van der Waals surface area contributed by atoms with Crippen LogP contribution in [0.4, 0.5) is 35.1 Å². The summed E-state index contributed by atoms with van der Waals surface area (Å²) in [6.45, 7) is 9.81. The number of ether oxygens (including phenoxy) is 3. The zero-order valence-electron chi connectivity index (χ0n) is 40.2. The van der Waals surface area contributed by atoms with Gasteiger partial charge in [0.05, 0.1) is 25.3 Å². The number of hydrogen-bond acceptors (Lipinski definition) is 9. The molecule has 0 spiro atoms. The summed E-state index contributed by atoms with van der Waals surface area (Å²) in [4.78, 5) is 40.1. The third-order valence-corrected chi connectivity index (χ3v) is 11.6. The predicted molar refractivity (Wildman–Crippen MR) is 250 cm³/mol. The monoisotopic (exact) mass is 984 g/mol. The van der Waals surface area contributed by atoms with Gasteiger partial charge in [-0.15, -0.1) is 0 Å². The number of nitrogens with one attached hydrogen (secondary N) is 1. The van der Waals surface area contributed by atoms with Gasteiger partial charge < -0.3 is 25.3 Å². The lowest BCUT2D eigenvalue weighted by molar-refractivity contribution is -0.203. The smallest absolute Gasteiger partial charge is 0.411 e. The van der Waals surface area contributed by atoms with Crippen molar-refractivity contribution < 1.29 is 63.7 Å². The van der Waals surface area contributed by atoms with Crippen LogP contribution >= 0.6 is 0 Å². The molecule has 0 aliphatic rings. The van der Waals surface area contributed by atoms with Crippen LogP contribution in [0.2, 0.25) is 0 Å². The molecule has 70 heavy (non-hydrogen) atoms. The van der Waals surface area contributed by atoms with Crippen molar-refractivity contribution in [3.8, 4) is 11.5 Å². The molecule has 2 aromatic heterocycles. The number of para-hydroxylation sites is 2. The zero-order valence-corrected chi connectivity index (χ0v) is 40.2. The molecule has 0 radical (unpaired) electrons. The number of pyridine rings is 2. The summed E-state index contributed by atoms with van der Waals surface area (Å²) in [5, 5.41) is 3.40. The van der Waals surface area contributed by atoms with E-state index < -0.39 is 89.4 Å². The number of fused-ring (bicyclic) bond motifs is 2. The van der Waals surface area contributed by atoms with E-state index in [4.69, 9.17) is 15.2 Å². The van der Waals surface area contributed by atoms with E-state index in [1.54, 1.807) is 82.3 Å². The molecule has 0 fully saturated rings. The highest BCUT2D eigenvalue weighted by atomic mass is 19.4. The number of rotatable bonds is 13. The fourth-order valence-corrected chi connectivity index (χ4v) is 8.66. The standard InChI is InChI=1S/C25H26F4N2O2.C23H24F4N2O.C4H6O3/c1-16(32)31-24(25(27,28)29,14-17-11-12-30-21-8-6-5-7-19(17)21)15-23(2,3)20-13-18(26)9-10-22(20)33-4;1-21(2,18-12-16(24)8-9-20(18)30-3)14-22(28,23(25,26)27)13-15-10-11-29-19-7-5-4-6-17(15)19;1-3(5)7-4(2)6/h5-13H,14-15H2,1-4H3,(H,31,32);4-12H,13-14,28H2,1-3H3;1-2H3. The molecule has 10 nitrogen and oxygen atoms in total. The van der Waals surface area contributed by atoms with Gasteiger partial charge in [-0.2, -0.15) is 26.3 Å². The Morgan fingerprint density at radius 3 is 1.37 bits per heavy atom. The lowest BCUT2D eigenvalue weighted by Crippen LogP contribution is -2.62. The Kier molecular flexibility index (Phi) is 17.9. The third-order valence-electron chi connectivity index (χ3n) is 11.6. The molecule has 2 heterocycles. The van der Waals surface area contributed by atoms with Crippen LogP contribution in [0, 0.1) is 11.6 Å². The maximum absolute atomic E-state index is 14.8. The van der Waals surface area contributed by atoms with Crippen molar-refractivity contribution in [2.75, 3.05) is 14.2 Å². The highest BCUT2D eigenvalue weighted by molar-refractivity contribution is 5.83. The van der Waals surface area contributed by atoms with Gasteiger partial charge in [0.2, 0.25) is 5.91 Å². The van der Waals surface area contributed by atoms with Crippen LogP contribution in [-0.2, 0) is 42.8 Å². The molecule has 0 saturated heterocycles. The minimum atomic E-state index is -4.80. The summed E-state index contributed by atoms with van der Waals surface area (Å²) in [6, 6.07) is 24.6. The lowest BCUT2D eigenvalue weighted by Gasteiger charge is -2.42. The summed E-state index contributed by atoms with van der Waals surface area (Å²) in [5.74, 6) is -2.48. The summed E-state index contributed by atoms with van der Waals surface area (Å²) in [7, 11) is 2.77. The van der Waals surface area contributed by atoms with Crippen molar-refractivity contribution in [3.05, 3.63) is 143 Å². The van der Waals surface area contributed by atoms with E-state index in [0.29, 0.717) is 44.2 Å². The number of halogens is 8. The molecule has 1 amide bonds. The first kappa shape index (κ1) is 55.9. The van der Waals surface area contributed by atoms with Crippen LogP contribution in [0.15, 0.2) is 109 Å². The lowest BCUT2D eigenvalue weighted by atomic mass is 9.70. The number of amides is 1. The summed E-state index contributed by atoms with van der Waals surface area (Å²) in [6.07, 6.45) is -8.50. The summed E-state index contributed by atoms with van der Waals surface area (Å²) >= 11 is 0. The second-order valence-corrected chi connectivity index (χ2v) is 18.1. The van der Waals surface area contributed by atoms with E-state index >= 15 is 0 Å². The Labute approximate surface area is 400 Å². The second kappa shape index (κ2) is 22.4. The van der Waals surface area contributed by atoms with E-state index in [-0.39, 0.29) is 11.3 Å². The number of aromatic nitrogens is 2. The van der Waals surface area contributed by atoms with Crippen molar-refractivity contribution in [1.29, 1.82) is 0 Å². The quantitative estimate of drug-likeness (QED) is 0.0657. The highest BCUT2D eigenvalue weighted by Gasteiger charge is 2.58. The van der Waals surface area contributed by atoms with E-state index in [2.05, 4.69) is 20.0 Å². The number of carbonyl (C=O) groups is 3. The van der Waals surface area contributed by atoms with Gasteiger partial charge in [-0.05, 0) is 102 Å². The van der Waals surface area contributed by atoms with Crippen LogP contribution in [0.25, 0.3) is 21.8 Å². The number of hydrogen-bond donors (Lipinski definition) is 2. The molecular formula is C52H56F8N4O6. The largest absolute Gasteiger partial charge is 0.496 e. The van der Waals surface area contributed by atoms with Gasteiger partial charge in [-0.3, -0.25) is 24.4 Å². The molecule has 2 atom stereocenters. The molecule has 6 aromatic rings. The van der Waals surface area contributed by atoms with Gasteiger partial charge in [0.1, 0.15) is 34.2 Å². The van der Waals surface area contributed by atoms with Gasteiger partial charge >= 0.3 is 24.3 Å². The molecule has 18 heteroatoms. The molecule has 6 rings (SSSR count). The number of nitrogens with two attached hydrogens (primary N) is 1. The Balaban J connectivity index is 0.000000269. The van der Waals surface area contributed by atoms with Crippen LogP contribution in [-0.4, -0.2) is 65.5 Å². The third kappa shape index (κ3) is 14.0. The van der Waals surface area contributed by atoms with Gasteiger partial charge in [-0.1, -0.05) is 64.1 Å². The van der Waals surface area contributed by atoms with Crippen LogP contribution < -0.4 is 20.5 Å². The first-order valence-electron chi connectivity index (χ1n) is 21.7. The number of carbonyl (C=O) groups excluding carboxylic acids is 3. The minimum Gasteiger partial charge on any atom is -0.496 e. The average molecular weight is 985 g/mol. The van der Waals surface area contributed by atoms with Gasteiger partial charge in [-0.25, -0.2) is 8.78 Å². The molecule has 4 aromatic carbocycles. The zero-order chi connectivity index (χ0) is 52.5. The fourth-order valence-electron chi connectivity index (χ4n) is 8.66. The average Bonchev–Trinajstić information content (AvgIpc) is 3.25. The number of nitrogens with zero attached hydrogens (tertiary/aromatic N) is 2. The second-order valence-electron chi connectivity index (χ2n) is 18.1. The van der Waals surface area contributed by atoms with E-state index in [1.165, 1.54) is 82.9 Å². The number of benzene rings is 4. The maximum Gasteiger partial charge on any atom is 0.411 e.